The van der Waals surface area contributed by atoms with Crippen molar-refractivity contribution in [2.45, 2.75) is 6.92 Å². The van der Waals surface area contributed by atoms with E-state index in [4.69, 9.17) is 21.1 Å². The van der Waals surface area contributed by atoms with Crippen LogP contribution >= 0.6 is 11.6 Å². The van der Waals surface area contributed by atoms with Gasteiger partial charge in [-0.05, 0) is 36.8 Å². The smallest absolute Gasteiger partial charge is 0.344 e. The Kier molecular flexibility index (Phi) is 6.11. The first-order chi connectivity index (χ1) is 13.4. The summed E-state index contributed by atoms with van der Waals surface area (Å²) in [4.78, 5) is 23.7. The summed E-state index contributed by atoms with van der Waals surface area (Å²) in [5.41, 5.74) is 0.754. The van der Waals surface area contributed by atoms with Crippen LogP contribution in [0, 0.1) is 12.7 Å². The largest absolute Gasteiger partial charge is 0.481 e. The van der Waals surface area contributed by atoms with Crippen molar-refractivity contribution >= 4 is 39.9 Å². The van der Waals surface area contributed by atoms with Gasteiger partial charge in [0.15, 0.2) is 13.2 Å². The Morgan fingerprint density at radius 3 is 2.54 bits per heavy atom. The number of hydrogen-bond donors (Lipinski definition) is 1. The summed E-state index contributed by atoms with van der Waals surface area (Å²) in [5.74, 6) is -1.45. The van der Waals surface area contributed by atoms with Gasteiger partial charge in [-0.1, -0.05) is 41.9 Å². The minimum Gasteiger partial charge on any atom is -0.481 e. The molecule has 144 valence electrons. The van der Waals surface area contributed by atoms with E-state index >= 15 is 0 Å². The molecular formula is C21H17ClFNO4. The normalized spacial score (nSPS) is 10.5. The number of esters is 1. The van der Waals surface area contributed by atoms with Crippen LogP contribution in [0.25, 0.3) is 10.8 Å². The molecule has 5 nitrogen and oxygen atoms in total. The van der Waals surface area contributed by atoms with E-state index in [0.29, 0.717) is 10.8 Å². The van der Waals surface area contributed by atoms with Gasteiger partial charge in [-0.15, -0.1) is 0 Å². The number of rotatable bonds is 6. The van der Waals surface area contributed by atoms with E-state index < -0.39 is 24.3 Å². The van der Waals surface area contributed by atoms with E-state index in [1.54, 1.807) is 25.1 Å². The van der Waals surface area contributed by atoms with Crippen molar-refractivity contribution in [3.8, 4) is 5.75 Å². The zero-order valence-corrected chi connectivity index (χ0v) is 15.8. The Labute approximate surface area is 166 Å². The van der Waals surface area contributed by atoms with E-state index in [2.05, 4.69) is 5.32 Å². The standard InChI is InChI=1S/C21H17ClFNO4/c1-13-6-8-18(17(23)10-13)24-20(25)11-28-21(26)12-27-19-9-7-16(22)14-4-2-3-5-15(14)19/h2-10H,11-12H2,1H3,(H,24,25). The lowest BCUT2D eigenvalue weighted by molar-refractivity contribution is -0.149. The molecule has 3 aromatic rings. The highest BCUT2D eigenvalue weighted by Crippen LogP contribution is 2.31. The van der Waals surface area contributed by atoms with Crippen molar-refractivity contribution in [3.05, 3.63) is 71.0 Å². The molecule has 0 saturated heterocycles. The van der Waals surface area contributed by atoms with Crippen LogP contribution in [0.1, 0.15) is 5.56 Å². The molecule has 0 radical (unpaired) electrons. The number of amides is 1. The molecule has 0 aliphatic carbocycles. The first kappa shape index (κ1) is 19.6. The molecule has 1 amide bonds. The van der Waals surface area contributed by atoms with Crippen molar-refractivity contribution in [1.82, 2.24) is 0 Å². The van der Waals surface area contributed by atoms with Crippen LogP contribution in [-0.2, 0) is 14.3 Å². The second-order valence-electron chi connectivity index (χ2n) is 6.07. The minimum atomic E-state index is -0.724. The van der Waals surface area contributed by atoms with Crippen LogP contribution < -0.4 is 10.1 Å². The number of hydrogen-bond acceptors (Lipinski definition) is 4. The van der Waals surface area contributed by atoms with Gasteiger partial charge in [0, 0.05) is 15.8 Å². The fourth-order valence-corrected chi connectivity index (χ4v) is 2.82. The molecule has 0 atom stereocenters. The molecule has 1 N–H and O–H groups in total. The number of nitrogens with one attached hydrogen (secondary N) is 1. The average molecular weight is 402 g/mol. The first-order valence-electron chi connectivity index (χ1n) is 8.45. The third kappa shape index (κ3) is 4.78. The molecule has 0 fully saturated rings. The molecule has 0 aliphatic rings. The molecule has 0 aliphatic heterocycles. The lowest BCUT2D eigenvalue weighted by atomic mass is 10.1. The van der Waals surface area contributed by atoms with Gasteiger partial charge in [-0.3, -0.25) is 4.79 Å². The SMILES string of the molecule is Cc1ccc(NC(=O)COC(=O)COc2ccc(Cl)c3ccccc23)c(F)c1. The van der Waals surface area contributed by atoms with Gasteiger partial charge < -0.3 is 14.8 Å². The molecule has 28 heavy (non-hydrogen) atoms. The van der Waals surface area contributed by atoms with Crippen LogP contribution in [0.15, 0.2) is 54.6 Å². The number of halogens is 2. The zero-order chi connectivity index (χ0) is 20.1. The highest BCUT2D eigenvalue weighted by Gasteiger charge is 2.12. The summed E-state index contributed by atoms with van der Waals surface area (Å²) in [7, 11) is 0. The predicted octanol–water partition coefficient (Wildman–Crippen LogP) is 4.50. The summed E-state index contributed by atoms with van der Waals surface area (Å²) in [5, 5.41) is 4.49. The molecule has 0 aromatic heterocycles. The molecule has 0 bridgehead atoms. The Balaban J connectivity index is 1.52. The van der Waals surface area contributed by atoms with Crippen molar-refractivity contribution in [2.75, 3.05) is 18.5 Å². The number of carbonyl (C=O) groups excluding carboxylic acids is 2. The van der Waals surface area contributed by atoms with E-state index in [9.17, 15) is 14.0 Å². The summed E-state index contributed by atoms with van der Waals surface area (Å²) in [6.45, 7) is 0.815. The third-order valence-electron chi connectivity index (χ3n) is 3.94. The van der Waals surface area contributed by atoms with Gasteiger partial charge in [0.05, 0.1) is 5.69 Å². The summed E-state index contributed by atoms with van der Waals surface area (Å²) < 4.78 is 24.1. The summed E-state index contributed by atoms with van der Waals surface area (Å²) in [6.07, 6.45) is 0. The maximum absolute atomic E-state index is 13.7. The first-order valence-corrected chi connectivity index (χ1v) is 8.83. The maximum Gasteiger partial charge on any atom is 0.344 e. The molecule has 0 unspecified atom stereocenters. The van der Waals surface area contributed by atoms with Gasteiger partial charge in [-0.2, -0.15) is 0 Å². The quantitative estimate of drug-likeness (QED) is 0.617. The Morgan fingerprint density at radius 1 is 1.04 bits per heavy atom. The number of anilines is 1. The van der Waals surface area contributed by atoms with Gasteiger partial charge in [0.1, 0.15) is 11.6 Å². The van der Waals surface area contributed by atoms with Crippen LogP contribution in [0.2, 0.25) is 5.02 Å². The number of fused-ring (bicyclic) bond motifs is 1. The lowest BCUT2D eigenvalue weighted by Crippen LogP contribution is -2.24. The van der Waals surface area contributed by atoms with Crippen LogP contribution in [-0.4, -0.2) is 25.1 Å². The van der Waals surface area contributed by atoms with Crippen LogP contribution in [0.3, 0.4) is 0 Å². The summed E-state index contributed by atoms with van der Waals surface area (Å²) >= 11 is 6.14. The van der Waals surface area contributed by atoms with E-state index in [1.165, 1.54) is 12.1 Å². The Morgan fingerprint density at radius 2 is 1.79 bits per heavy atom. The molecule has 0 spiro atoms. The average Bonchev–Trinajstić information content (AvgIpc) is 2.68. The molecule has 7 heteroatoms. The highest BCUT2D eigenvalue weighted by atomic mass is 35.5. The highest BCUT2D eigenvalue weighted by molar-refractivity contribution is 6.35. The van der Waals surface area contributed by atoms with Crippen molar-refractivity contribution in [1.29, 1.82) is 0 Å². The number of carbonyl (C=O) groups is 2. The topological polar surface area (TPSA) is 64.6 Å². The van der Waals surface area contributed by atoms with Crippen molar-refractivity contribution < 1.29 is 23.5 Å². The zero-order valence-electron chi connectivity index (χ0n) is 15.0. The third-order valence-corrected chi connectivity index (χ3v) is 4.27. The lowest BCUT2D eigenvalue weighted by Gasteiger charge is -2.11. The van der Waals surface area contributed by atoms with Crippen molar-refractivity contribution in [3.63, 3.8) is 0 Å². The van der Waals surface area contributed by atoms with Crippen LogP contribution in [0.5, 0.6) is 5.75 Å². The van der Waals surface area contributed by atoms with Crippen LogP contribution in [0.4, 0.5) is 10.1 Å². The fraction of sp³-hybridized carbons (Fsp3) is 0.143. The van der Waals surface area contributed by atoms with Crippen molar-refractivity contribution in [2.24, 2.45) is 0 Å². The van der Waals surface area contributed by atoms with E-state index in [-0.39, 0.29) is 12.3 Å². The van der Waals surface area contributed by atoms with Gasteiger partial charge in [0.2, 0.25) is 0 Å². The molecule has 0 saturated carbocycles. The Hall–Kier alpha value is -3.12. The molecule has 3 rings (SSSR count). The predicted molar refractivity (Wildman–Crippen MR) is 105 cm³/mol. The number of ether oxygens (including phenoxy) is 2. The second-order valence-corrected chi connectivity index (χ2v) is 6.48. The van der Waals surface area contributed by atoms with Gasteiger partial charge >= 0.3 is 5.97 Å². The van der Waals surface area contributed by atoms with Gasteiger partial charge in [-0.25, -0.2) is 9.18 Å². The molecule has 3 aromatic carbocycles. The monoisotopic (exact) mass is 401 g/mol. The molecular weight excluding hydrogens is 385 g/mol. The summed E-state index contributed by atoms with van der Waals surface area (Å²) in [6, 6.07) is 15.1. The van der Waals surface area contributed by atoms with E-state index in [0.717, 1.165) is 16.3 Å². The Bertz CT molecular complexity index is 1040. The molecule has 0 heterocycles. The fourth-order valence-electron chi connectivity index (χ4n) is 2.59. The number of benzene rings is 3. The van der Waals surface area contributed by atoms with E-state index in [1.807, 2.05) is 24.3 Å². The maximum atomic E-state index is 13.7. The second kappa shape index (κ2) is 8.71. The number of aryl methyl sites for hydroxylation is 1. The van der Waals surface area contributed by atoms with Gasteiger partial charge in [0.25, 0.3) is 5.91 Å². The minimum absolute atomic E-state index is 0.0236.